The lowest BCUT2D eigenvalue weighted by Crippen LogP contribution is -2.54. The van der Waals surface area contributed by atoms with Gasteiger partial charge in [0.1, 0.15) is 0 Å². The van der Waals surface area contributed by atoms with Gasteiger partial charge in [-0.3, -0.25) is 9.88 Å². The Balaban J connectivity index is 4.31. The molecule has 4 N–H and O–H groups in total. The van der Waals surface area contributed by atoms with E-state index in [1.54, 1.807) is 0 Å². The molecule has 0 fully saturated rings. The van der Waals surface area contributed by atoms with Crippen LogP contribution >= 0.6 is 9.39 Å². The average molecular weight is 167 g/mol. The zero-order chi connectivity index (χ0) is 8.20. The summed E-state index contributed by atoms with van der Waals surface area (Å²) in [5.74, 6) is -1.28. The second-order valence-electron chi connectivity index (χ2n) is 1.85. The molecule has 0 spiro atoms. The van der Waals surface area contributed by atoms with E-state index in [1.165, 1.54) is 0 Å². The Morgan fingerprint density at radius 3 is 1.90 bits per heavy atom. The van der Waals surface area contributed by atoms with Gasteiger partial charge in [-0.25, -0.2) is 0 Å². The molecule has 0 bridgehead atoms. The van der Waals surface area contributed by atoms with E-state index in [0.29, 0.717) is 0 Å². The summed E-state index contributed by atoms with van der Waals surface area (Å²) in [4.78, 5) is 10.3. The van der Waals surface area contributed by atoms with Crippen molar-refractivity contribution in [3.05, 3.63) is 0 Å². The van der Waals surface area contributed by atoms with Gasteiger partial charge < -0.3 is 15.3 Å². The number of carbonyl (C=O) groups is 1. The number of nitrogens with one attached hydrogen (secondary N) is 1. The summed E-state index contributed by atoms with van der Waals surface area (Å²) < 4.78 is 0. The van der Waals surface area contributed by atoms with Gasteiger partial charge in [0.2, 0.25) is 0 Å². The van der Waals surface area contributed by atoms with Crippen LogP contribution in [-0.2, 0) is 4.79 Å². The second-order valence-corrected chi connectivity index (χ2v) is 2.14. The molecule has 0 aromatic heterocycles. The van der Waals surface area contributed by atoms with Crippen molar-refractivity contribution >= 4 is 15.4 Å². The molecular weight excluding hydrogens is 157 g/mol. The van der Waals surface area contributed by atoms with Crippen LogP contribution in [0.25, 0.3) is 0 Å². The molecule has 0 aliphatic carbocycles. The molecule has 0 heterocycles. The van der Waals surface area contributed by atoms with E-state index in [2.05, 4.69) is 5.09 Å². The normalized spacial score (nSPS) is 11.5. The van der Waals surface area contributed by atoms with Crippen LogP contribution < -0.4 is 5.09 Å². The summed E-state index contributed by atoms with van der Waals surface area (Å²) in [5.41, 5.74) is -1.63. The van der Waals surface area contributed by atoms with Crippen LogP contribution in [0, 0.1) is 0 Å². The Bertz CT molecular complexity index is 116. The Morgan fingerprint density at radius 1 is 1.50 bits per heavy atom. The van der Waals surface area contributed by atoms with Gasteiger partial charge in [-0.05, 0) is 0 Å². The first-order valence-corrected chi connectivity index (χ1v) is 3.13. The molecule has 0 amide bonds. The third kappa shape index (κ3) is 1.64. The van der Waals surface area contributed by atoms with Crippen LogP contribution in [0.3, 0.4) is 0 Å². The van der Waals surface area contributed by atoms with E-state index in [0.717, 1.165) is 0 Å². The maximum absolute atomic E-state index is 10.3. The van der Waals surface area contributed by atoms with Crippen LogP contribution in [0.4, 0.5) is 0 Å². The fourth-order valence-corrected chi connectivity index (χ4v) is 0.644. The predicted octanol–water partition coefficient (Wildman–Crippen LogP) is -1.83. The Morgan fingerprint density at radius 2 is 1.90 bits per heavy atom. The molecule has 60 valence electrons. The van der Waals surface area contributed by atoms with E-state index in [-0.39, 0.29) is 0 Å². The number of aliphatic hydroxyl groups excluding tert-OH is 2. The smallest absolute Gasteiger partial charge is 0.329 e. The third-order valence-electron chi connectivity index (χ3n) is 1.23. The zero-order valence-electron chi connectivity index (χ0n) is 5.24. The van der Waals surface area contributed by atoms with E-state index >= 15 is 0 Å². The number of hydrogen-bond acceptors (Lipinski definition) is 4. The van der Waals surface area contributed by atoms with Crippen molar-refractivity contribution < 1.29 is 20.1 Å². The van der Waals surface area contributed by atoms with Gasteiger partial charge in [-0.1, -0.05) is 9.39 Å². The Kier molecular flexibility index (Phi) is 3.75. The fraction of sp³-hybridized carbons (Fsp3) is 0.750. The van der Waals surface area contributed by atoms with Crippen molar-refractivity contribution in [2.24, 2.45) is 0 Å². The molecule has 5 nitrogen and oxygen atoms in total. The Labute approximate surface area is 60.3 Å². The van der Waals surface area contributed by atoms with Crippen LogP contribution in [0.5, 0.6) is 0 Å². The van der Waals surface area contributed by atoms with E-state index in [9.17, 15) is 4.79 Å². The van der Waals surface area contributed by atoms with Crippen molar-refractivity contribution in [3.8, 4) is 0 Å². The van der Waals surface area contributed by atoms with Gasteiger partial charge in [0, 0.05) is 0 Å². The highest BCUT2D eigenvalue weighted by Crippen LogP contribution is 2.04. The molecular formula is C4H10NO4P. The van der Waals surface area contributed by atoms with E-state index in [4.69, 9.17) is 15.3 Å². The summed E-state index contributed by atoms with van der Waals surface area (Å²) in [6.07, 6.45) is 0. The van der Waals surface area contributed by atoms with Crippen molar-refractivity contribution in [1.82, 2.24) is 5.09 Å². The average Bonchev–Trinajstić information content (AvgIpc) is 1.92. The first-order valence-electron chi connectivity index (χ1n) is 2.56. The monoisotopic (exact) mass is 167 g/mol. The van der Waals surface area contributed by atoms with E-state index < -0.39 is 24.7 Å². The largest absolute Gasteiger partial charge is 0.480 e. The van der Waals surface area contributed by atoms with Gasteiger partial charge in [-0.2, -0.15) is 0 Å². The maximum Gasteiger partial charge on any atom is 0.329 e. The quantitative estimate of drug-likeness (QED) is 0.370. The summed E-state index contributed by atoms with van der Waals surface area (Å²) in [6, 6.07) is 0. The van der Waals surface area contributed by atoms with Gasteiger partial charge in [0.15, 0.2) is 5.54 Å². The second kappa shape index (κ2) is 3.83. The Hall–Kier alpha value is -0.220. The number of carboxylic acid groups (broad SMARTS) is 1. The van der Waals surface area contributed by atoms with Crippen LogP contribution in [0.2, 0.25) is 0 Å². The predicted molar refractivity (Wildman–Crippen MR) is 37.4 cm³/mol. The highest BCUT2D eigenvalue weighted by Gasteiger charge is 2.35. The molecule has 0 aliphatic heterocycles. The lowest BCUT2D eigenvalue weighted by Gasteiger charge is -2.23. The van der Waals surface area contributed by atoms with Crippen molar-refractivity contribution in [2.75, 3.05) is 13.2 Å². The van der Waals surface area contributed by atoms with Gasteiger partial charge in [0.05, 0.1) is 13.2 Å². The molecule has 0 saturated carbocycles. The summed E-state index contributed by atoms with van der Waals surface area (Å²) in [5, 5.41) is 27.7. The summed E-state index contributed by atoms with van der Waals surface area (Å²) in [7, 11) is 1.93. The fourth-order valence-electron chi connectivity index (χ4n) is 0.338. The van der Waals surface area contributed by atoms with Crippen LogP contribution in [0.15, 0.2) is 0 Å². The standard InChI is InChI=1S/C4H10NO4P/c6-1-4(2-7,5-10)3(8)9/h5-7H,1-2,10H2,(H,8,9). The minimum absolute atomic E-state index is 0.650. The molecule has 1 unspecified atom stereocenters. The molecule has 0 aliphatic rings. The van der Waals surface area contributed by atoms with Gasteiger partial charge >= 0.3 is 5.97 Å². The molecule has 0 radical (unpaired) electrons. The number of aliphatic carboxylic acids is 1. The summed E-state index contributed by atoms with van der Waals surface area (Å²) in [6.45, 7) is -1.30. The number of carboxylic acids is 1. The first-order chi connectivity index (χ1) is 4.63. The topological polar surface area (TPSA) is 89.8 Å². The van der Waals surface area contributed by atoms with Crippen LogP contribution in [0.1, 0.15) is 0 Å². The zero-order valence-corrected chi connectivity index (χ0v) is 6.40. The van der Waals surface area contributed by atoms with Crippen molar-refractivity contribution in [1.29, 1.82) is 0 Å². The van der Waals surface area contributed by atoms with Gasteiger partial charge in [-0.15, -0.1) is 0 Å². The lowest BCUT2D eigenvalue weighted by atomic mass is 10.1. The molecule has 0 saturated heterocycles. The SMILES string of the molecule is O=C(O)C(CO)(CO)NP. The summed E-state index contributed by atoms with van der Waals surface area (Å²) >= 11 is 0. The lowest BCUT2D eigenvalue weighted by molar-refractivity contribution is -0.147. The van der Waals surface area contributed by atoms with Crippen LogP contribution in [-0.4, -0.2) is 40.0 Å². The molecule has 6 heteroatoms. The highest BCUT2D eigenvalue weighted by atomic mass is 31.0. The molecule has 1 atom stereocenters. The molecule has 10 heavy (non-hydrogen) atoms. The molecule has 0 aromatic carbocycles. The minimum atomic E-state index is -1.63. The first kappa shape index (κ1) is 9.78. The maximum atomic E-state index is 10.3. The van der Waals surface area contributed by atoms with E-state index in [1.807, 2.05) is 9.39 Å². The minimum Gasteiger partial charge on any atom is -0.480 e. The number of aliphatic hydroxyl groups is 2. The van der Waals surface area contributed by atoms with Crippen molar-refractivity contribution in [2.45, 2.75) is 5.54 Å². The van der Waals surface area contributed by atoms with Gasteiger partial charge in [0.25, 0.3) is 0 Å². The molecule has 0 aromatic rings. The number of hydrogen-bond donors (Lipinski definition) is 4. The third-order valence-corrected chi connectivity index (χ3v) is 1.78. The number of rotatable bonds is 4. The highest BCUT2D eigenvalue weighted by molar-refractivity contribution is 7.13. The molecule has 0 rings (SSSR count). The van der Waals surface area contributed by atoms with Crippen molar-refractivity contribution in [3.63, 3.8) is 0 Å².